The highest BCUT2D eigenvalue weighted by atomic mass is 35.5. The van der Waals surface area contributed by atoms with Crippen molar-refractivity contribution in [3.63, 3.8) is 0 Å². The Hall–Kier alpha value is -2.28. The van der Waals surface area contributed by atoms with E-state index < -0.39 is 0 Å². The number of halogens is 1. The molecule has 1 aliphatic heterocycles. The monoisotopic (exact) mass is 432 g/mol. The maximum Gasteiger partial charge on any atom is 0.258 e. The molecule has 2 aromatic carbocycles. The number of rotatable bonds is 8. The molecule has 3 N–H and O–H groups in total. The minimum atomic E-state index is -0.112. The summed E-state index contributed by atoms with van der Waals surface area (Å²) in [4.78, 5) is 17.6. The fourth-order valence-electron chi connectivity index (χ4n) is 3.80. The van der Waals surface area contributed by atoms with E-state index in [0.717, 1.165) is 26.2 Å². The second kappa shape index (κ2) is 10.7. The summed E-state index contributed by atoms with van der Waals surface area (Å²) in [5, 5.41) is 3.73. The summed E-state index contributed by atoms with van der Waals surface area (Å²) in [6.07, 6.45) is 0. The van der Waals surface area contributed by atoms with Gasteiger partial charge in [-0.3, -0.25) is 4.79 Å². The molecule has 0 saturated carbocycles. The van der Waals surface area contributed by atoms with Crippen molar-refractivity contribution >= 4 is 23.2 Å². The third-order valence-corrected chi connectivity index (χ3v) is 5.99. The lowest BCUT2D eigenvalue weighted by Gasteiger charge is -2.33. The lowest BCUT2D eigenvalue weighted by molar-refractivity contribution is -1.02. The van der Waals surface area contributed by atoms with E-state index in [2.05, 4.69) is 41.5 Å². The van der Waals surface area contributed by atoms with Crippen LogP contribution in [0.3, 0.4) is 0 Å². The summed E-state index contributed by atoms with van der Waals surface area (Å²) >= 11 is 5.89. The van der Waals surface area contributed by atoms with Crippen LogP contribution in [0.5, 0.6) is 5.75 Å². The molecule has 1 saturated heterocycles. The van der Waals surface area contributed by atoms with Gasteiger partial charge in [0.25, 0.3) is 5.91 Å². The van der Waals surface area contributed by atoms with Gasteiger partial charge in [-0.1, -0.05) is 23.7 Å². The van der Waals surface area contributed by atoms with Crippen molar-refractivity contribution in [1.29, 1.82) is 0 Å². The molecule has 0 radical (unpaired) electrons. The zero-order valence-corrected chi connectivity index (χ0v) is 18.8. The number of hydrogen-bond acceptors (Lipinski definition) is 3. The number of anilines is 1. The summed E-state index contributed by atoms with van der Waals surface area (Å²) in [5.41, 5.74) is 2.43. The molecule has 7 heteroatoms. The average molecular weight is 433 g/mol. The molecule has 3 rings (SSSR count). The standard InChI is InChI=1S/C23H31ClN4O2/c1-26(2)20-8-4-18(5-9-20)22(28-14-12-27(3)13-15-28)16-25-23(29)17-30-21-10-6-19(24)7-11-21/h4-11,22H,12-17H2,1-3H3,(H,25,29)/p+2/t22-/m1/s1. The van der Waals surface area contributed by atoms with Gasteiger partial charge in [0, 0.05) is 30.4 Å². The van der Waals surface area contributed by atoms with Gasteiger partial charge >= 0.3 is 0 Å². The Morgan fingerprint density at radius 1 is 1.07 bits per heavy atom. The molecule has 30 heavy (non-hydrogen) atoms. The number of hydrogen-bond donors (Lipinski definition) is 3. The van der Waals surface area contributed by atoms with Crippen molar-refractivity contribution in [2.45, 2.75) is 6.04 Å². The lowest BCUT2D eigenvalue weighted by atomic mass is 10.0. The Balaban J connectivity index is 1.61. The molecule has 0 bridgehead atoms. The normalized spacial score (nSPS) is 19.7. The quantitative estimate of drug-likeness (QED) is 0.552. The summed E-state index contributed by atoms with van der Waals surface area (Å²) in [7, 11) is 6.33. The van der Waals surface area contributed by atoms with Crippen molar-refractivity contribution < 1.29 is 19.3 Å². The van der Waals surface area contributed by atoms with E-state index in [1.54, 1.807) is 29.2 Å². The van der Waals surface area contributed by atoms with E-state index in [1.807, 2.05) is 14.1 Å². The molecule has 0 unspecified atom stereocenters. The van der Waals surface area contributed by atoms with Gasteiger partial charge in [0.15, 0.2) is 6.61 Å². The molecular formula is C23H33ClN4O2+2. The molecule has 1 fully saturated rings. The summed E-state index contributed by atoms with van der Waals surface area (Å²) < 4.78 is 5.58. The maximum absolute atomic E-state index is 12.4. The Morgan fingerprint density at radius 3 is 2.30 bits per heavy atom. The molecule has 1 aliphatic rings. The van der Waals surface area contributed by atoms with Crippen LogP contribution in [0.1, 0.15) is 11.6 Å². The fraction of sp³-hybridized carbons (Fsp3) is 0.435. The number of benzene rings is 2. The van der Waals surface area contributed by atoms with E-state index in [0.29, 0.717) is 17.3 Å². The summed E-state index contributed by atoms with van der Waals surface area (Å²) in [5.74, 6) is 0.525. The van der Waals surface area contributed by atoms with Crippen molar-refractivity contribution in [1.82, 2.24) is 5.32 Å². The first-order valence-electron chi connectivity index (χ1n) is 10.5. The van der Waals surface area contributed by atoms with Gasteiger partial charge in [0.1, 0.15) is 38.0 Å². The lowest BCUT2D eigenvalue weighted by Crippen LogP contribution is -3.27. The number of nitrogens with zero attached hydrogens (tertiary/aromatic N) is 1. The largest absolute Gasteiger partial charge is 0.484 e. The molecule has 162 valence electrons. The zero-order valence-electron chi connectivity index (χ0n) is 18.1. The fourth-order valence-corrected chi connectivity index (χ4v) is 3.92. The van der Waals surface area contributed by atoms with Crippen LogP contribution in [0.25, 0.3) is 0 Å². The predicted molar refractivity (Wildman–Crippen MR) is 121 cm³/mol. The molecule has 0 spiro atoms. The van der Waals surface area contributed by atoms with Crippen molar-refractivity contribution in [2.24, 2.45) is 0 Å². The first kappa shape index (κ1) is 22.4. The van der Waals surface area contributed by atoms with Gasteiger partial charge in [-0.2, -0.15) is 0 Å². The van der Waals surface area contributed by atoms with Gasteiger partial charge in [0.05, 0.1) is 13.6 Å². The third-order valence-electron chi connectivity index (χ3n) is 5.74. The van der Waals surface area contributed by atoms with Gasteiger partial charge in [-0.15, -0.1) is 0 Å². The second-order valence-electron chi connectivity index (χ2n) is 8.20. The highest BCUT2D eigenvalue weighted by Gasteiger charge is 2.29. The molecule has 0 aliphatic carbocycles. The van der Waals surface area contributed by atoms with Gasteiger partial charge in [-0.05, 0) is 36.4 Å². The first-order valence-corrected chi connectivity index (χ1v) is 10.9. The summed E-state index contributed by atoms with van der Waals surface area (Å²) in [6.45, 7) is 5.09. The minimum Gasteiger partial charge on any atom is -0.484 e. The summed E-state index contributed by atoms with van der Waals surface area (Å²) in [6, 6.07) is 15.9. The number of nitrogens with one attached hydrogen (secondary N) is 3. The highest BCUT2D eigenvalue weighted by molar-refractivity contribution is 6.30. The Labute approximate surface area is 184 Å². The molecule has 1 heterocycles. The smallest absolute Gasteiger partial charge is 0.258 e. The van der Waals surface area contributed by atoms with E-state index in [1.165, 1.54) is 16.2 Å². The zero-order chi connectivity index (χ0) is 21.5. The van der Waals surface area contributed by atoms with Crippen LogP contribution in [-0.4, -0.2) is 66.4 Å². The van der Waals surface area contributed by atoms with E-state index in [9.17, 15) is 4.79 Å². The van der Waals surface area contributed by atoms with Crippen LogP contribution in [0, 0.1) is 0 Å². The Kier molecular flexibility index (Phi) is 7.96. The Bertz CT molecular complexity index is 803. The van der Waals surface area contributed by atoms with Crippen LogP contribution >= 0.6 is 11.6 Å². The molecule has 1 amide bonds. The van der Waals surface area contributed by atoms with Gasteiger partial charge < -0.3 is 24.8 Å². The van der Waals surface area contributed by atoms with Crippen LogP contribution < -0.4 is 24.8 Å². The van der Waals surface area contributed by atoms with E-state index >= 15 is 0 Å². The first-order chi connectivity index (χ1) is 14.4. The number of carbonyl (C=O) groups is 1. The topological polar surface area (TPSA) is 50.5 Å². The van der Waals surface area contributed by atoms with Crippen molar-refractivity contribution in [3.05, 3.63) is 59.1 Å². The second-order valence-corrected chi connectivity index (χ2v) is 8.64. The molecule has 6 nitrogen and oxygen atoms in total. The number of ether oxygens (including phenoxy) is 1. The van der Waals surface area contributed by atoms with Crippen molar-refractivity contribution in [3.8, 4) is 5.75 Å². The number of amides is 1. The van der Waals surface area contributed by atoms with Crippen LogP contribution in [0.2, 0.25) is 5.02 Å². The van der Waals surface area contributed by atoms with Gasteiger partial charge in [0.2, 0.25) is 0 Å². The maximum atomic E-state index is 12.4. The molecule has 0 aromatic heterocycles. The van der Waals surface area contributed by atoms with Crippen molar-refractivity contribution in [2.75, 3.05) is 65.4 Å². The number of carbonyl (C=O) groups excluding carboxylic acids is 1. The number of likely N-dealkylation sites (N-methyl/N-ethyl adjacent to an activating group) is 1. The molecule has 1 atom stereocenters. The van der Waals surface area contributed by atoms with Crippen LogP contribution in [0.4, 0.5) is 5.69 Å². The SMILES string of the molecule is CN(C)c1ccc([C@@H](CNC(=O)COc2ccc(Cl)cc2)[NH+]2CC[NH+](C)CC2)cc1. The molecule has 2 aromatic rings. The van der Waals surface area contributed by atoms with E-state index in [-0.39, 0.29) is 18.6 Å². The van der Waals surface area contributed by atoms with Crippen LogP contribution in [-0.2, 0) is 4.79 Å². The minimum absolute atomic E-state index is 0.00383. The van der Waals surface area contributed by atoms with Gasteiger partial charge in [-0.25, -0.2) is 0 Å². The predicted octanol–water partition coefficient (Wildman–Crippen LogP) is 0.0555. The highest BCUT2D eigenvalue weighted by Crippen LogP contribution is 2.17. The molecular weight excluding hydrogens is 400 g/mol. The number of quaternary nitrogens is 2. The third kappa shape index (κ3) is 6.36. The number of piperazine rings is 1. The Morgan fingerprint density at radius 2 is 1.70 bits per heavy atom. The van der Waals surface area contributed by atoms with Crippen LogP contribution in [0.15, 0.2) is 48.5 Å². The average Bonchev–Trinajstić information content (AvgIpc) is 2.75. The van der Waals surface area contributed by atoms with E-state index in [4.69, 9.17) is 16.3 Å².